The molecule has 0 bridgehead atoms. The van der Waals surface area contributed by atoms with Crippen LogP contribution in [0.4, 0.5) is 10.1 Å². The zero-order valence-electron chi connectivity index (χ0n) is 7.93. The van der Waals surface area contributed by atoms with Crippen molar-refractivity contribution >= 4 is 18.1 Å². The number of nitrogen functional groups attached to an aromatic ring is 1. The molecule has 0 saturated carbocycles. The Morgan fingerprint density at radius 1 is 1.40 bits per heavy atom. The van der Waals surface area contributed by atoms with E-state index in [4.69, 9.17) is 5.73 Å². The summed E-state index contributed by atoms with van der Waals surface area (Å²) in [7, 11) is 0. The van der Waals surface area contributed by atoms with Crippen molar-refractivity contribution in [2.75, 3.05) is 5.73 Å². The molecule has 5 heteroatoms. The van der Waals surface area contributed by atoms with Crippen LogP contribution in [0, 0.1) is 5.82 Å². The molecule has 1 aromatic heterocycles. The zero-order valence-corrected chi connectivity index (χ0v) is 8.75. The molecule has 0 fully saturated rings. The average Bonchev–Trinajstić information content (AvgIpc) is 2.51. The van der Waals surface area contributed by atoms with Gasteiger partial charge in [0.05, 0.1) is 18.4 Å². The Morgan fingerprint density at radius 2 is 2.20 bits per heavy atom. The summed E-state index contributed by atoms with van der Waals surface area (Å²) in [5.74, 6) is -0.234. The fourth-order valence-corrected chi connectivity index (χ4v) is 1.29. The predicted molar refractivity (Wildman–Crippen MR) is 59.4 cm³/mol. The van der Waals surface area contributed by atoms with Gasteiger partial charge < -0.3 is 5.73 Å². The summed E-state index contributed by atoms with van der Waals surface area (Å²) in [5.41, 5.74) is 6.99. The predicted octanol–water partition coefficient (Wildman–Crippen LogP) is 2.07. The van der Waals surface area contributed by atoms with Gasteiger partial charge in [0.1, 0.15) is 5.82 Å². The average molecular weight is 228 g/mol. The molecule has 0 amide bonds. The topological polar surface area (TPSA) is 43.8 Å². The van der Waals surface area contributed by atoms with Gasteiger partial charge >= 0.3 is 0 Å². The number of rotatable bonds is 2. The number of benzene rings is 1. The maximum Gasteiger partial charge on any atom is 0.123 e. The van der Waals surface area contributed by atoms with Crippen molar-refractivity contribution in [1.29, 1.82) is 0 Å². The van der Waals surface area contributed by atoms with Crippen LogP contribution >= 0.6 is 12.4 Å². The van der Waals surface area contributed by atoms with Gasteiger partial charge in [0.15, 0.2) is 0 Å². The standard InChI is InChI=1S/C10H10FN3.ClH/c11-9-3-1-2-8(4-9)6-14-7-10(12)5-13-14;/h1-5,7H,6,12H2;1H. The van der Waals surface area contributed by atoms with Gasteiger partial charge in [-0.2, -0.15) is 5.10 Å². The van der Waals surface area contributed by atoms with Gasteiger partial charge in [0, 0.05) is 6.20 Å². The van der Waals surface area contributed by atoms with Gasteiger partial charge in [-0.25, -0.2) is 4.39 Å². The molecule has 2 aromatic rings. The second kappa shape index (κ2) is 4.79. The fraction of sp³-hybridized carbons (Fsp3) is 0.100. The van der Waals surface area contributed by atoms with Crippen molar-refractivity contribution in [2.45, 2.75) is 6.54 Å². The molecule has 1 aromatic carbocycles. The Morgan fingerprint density at radius 3 is 2.80 bits per heavy atom. The van der Waals surface area contributed by atoms with Crippen LogP contribution in [0.1, 0.15) is 5.56 Å². The molecule has 3 nitrogen and oxygen atoms in total. The first kappa shape index (κ1) is 11.5. The number of nitrogens with two attached hydrogens (primary N) is 1. The molecule has 15 heavy (non-hydrogen) atoms. The van der Waals surface area contributed by atoms with E-state index in [0.29, 0.717) is 12.2 Å². The second-order valence-electron chi connectivity index (χ2n) is 3.10. The highest BCUT2D eigenvalue weighted by atomic mass is 35.5. The monoisotopic (exact) mass is 227 g/mol. The van der Waals surface area contributed by atoms with E-state index in [1.165, 1.54) is 12.1 Å². The number of halogens is 2. The first-order valence-corrected chi connectivity index (χ1v) is 4.26. The van der Waals surface area contributed by atoms with Crippen molar-refractivity contribution in [3.8, 4) is 0 Å². The van der Waals surface area contributed by atoms with E-state index in [1.54, 1.807) is 23.1 Å². The van der Waals surface area contributed by atoms with Gasteiger partial charge in [-0.1, -0.05) is 12.1 Å². The largest absolute Gasteiger partial charge is 0.396 e. The van der Waals surface area contributed by atoms with Crippen LogP contribution in [-0.2, 0) is 6.54 Å². The van der Waals surface area contributed by atoms with Crippen molar-refractivity contribution in [3.63, 3.8) is 0 Å². The summed E-state index contributed by atoms with van der Waals surface area (Å²) in [6.07, 6.45) is 3.28. The van der Waals surface area contributed by atoms with Crippen molar-refractivity contribution in [2.24, 2.45) is 0 Å². The lowest BCUT2D eigenvalue weighted by atomic mass is 10.2. The molecule has 0 unspecified atom stereocenters. The van der Waals surface area contributed by atoms with Crippen LogP contribution in [-0.4, -0.2) is 9.78 Å². The van der Waals surface area contributed by atoms with Crippen LogP contribution in [0.5, 0.6) is 0 Å². The van der Waals surface area contributed by atoms with E-state index in [1.807, 2.05) is 6.07 Å². The summed E-state index contributed by atoms with van der Waals surface area (Å²) < 4.78 is 14.5. The minimum Gasteiger partial charge on any atom is -0.396 e. The molecule has 0 radical (unpaired) electrons. The molecule has 0 atom stereocenters. The summed E-state index contributed by atoms with van der Waals surface area (Å²) >= 11 is 0. The maximum absolute atomic E-state index is 12.8. The van der Waals surface area contributed by atoms with Crippen LogP contribution in [0.2, 0.25) is 0 Å². The van der Waals surface area contributed by atoms with Gasteiger partial charge in [-0.3, -0.25) is 4.68 Å². The van der Waals surface area contributed by atoms with E-state index >= 15 is 0 Å². The quantitative estimate of drug-likeness (QED) is 0.854. The third kappa shape index (κ3) is 2.95. The molecule has 0 aliphatic carbocycles. The third-order valence-corrected chi connectivity index (χ3v) is 1.89. The lowest BCUT2D eigenvalue weighted by Crippen LogP contribution is -1.99. The lowest BCUT2D eigenvalue weighted by molar-refractivity contribution is 0.619. The van der Waals surface area contributed by atoms with Crippen LogP contribution in [0.15, 0.2) is 36.7 Å². The van der Waals surface area contributed by atoms with Crippen LogP contribution in [0.3, 0.4) is 0 Å². The molecule has 0 aliphatic rings. The molecular formula is C10H11ClFN3. The highest BCUT2D eigenvalue weighted by molar-refractivity contribution is 5.85. The Balaban J connectivity index is 0.00000112. The maximum atomic E-state index is 12.8. The fourth-order valence-electron chi connectivity index (χ4n) is 1.29. The molecule has 2 rings (SSSR count). The summed E-state index contributed by atoms with van der Waals surface area (Å²) in [4.78, 5) is 0. The number of hydrogen-bond acceptors (Lipinski definition) is 2. The van der Waals surface area contributed by atoms with Gasteiger partial charge in [-0.05, 0) is 17.7 Å². The van der Waals surface area contributed by atoms with E-state index in [9.17, 15) is 4.39 Å². The number of hydrogen-bond donors (Lipinski definition) is 1. The van der Waals surface area contributed by atoms with E-state index in [0.717, 1.165) is 5.56 Å². The summed E-state index contributed by atoms with van der Waals surface area (Å²) in [5, 5.41) is 4.01. The highest BCUT2D eigenvalue weighted by Crippen LogP contribution is 2.06. The summed E-state index contributed by atoms with van der Waals surface area (Å²) in [6.45, 7) is 0.537. The summed E-state index contributed by atoms with van der Waals surface area (Å²) in [6, 6.07) is 6.43. The molecule has 1 heterocycles. The van der Waals surface area contributed by atoms with E-state index in [-0.39, 0.29) is 18.2 Å². The first-order valence-electron chi connectivity index (χ1n) is 4.26. The highest BCUT2D eigenvalue weighted by Gasteiger charge is 1.98. The molecular weight excluding hydrogens is 217 g/mol. The van der Waals surface area contributed by atoms with Gasteiger partial charge in [0.25, 0.3) is 0 Å². The molecule has 0 saturated heterocycles. The number of anilines is 1. The van der Waals surface area contributed by atoms with Crippen molar-refractivity contribution in [1.82, 2.24) is 9.78 Å². The smallest absolute Gasteiger partial charge is 0.123 e. The lowest BCUT2D eigenvalue weighted by Gasteiger charge is -2.01. The Labute approximate surface area is 93.1 Å². The van der Waals surface area contributed by atoms with Crippen molar-refractivity contribution < 1.29 is 4.39 Å². The van der Waals surface area contributed by atoms with Crippen molar-refractivity contribution in [3.05, 3.63) is 48.0 Å². The van der Waals surface area contributed by atoms with E-state index < -0.39 is 0 Å². The molecule has 0 aliphatic heterocycles. The Kier molecular flexibility index (Phi) is 3.68. The minimum absolute atomic E-state index is 0. The minimum atomic E-state index is -0.234. The number of nitrogens with zero attached hydrogens (tertiary/aromatic N) is 2. The van der Waals surface area contributed by atoms with E-state index in [2.05, 4.69) is 5.10 Å². The number of aromatic nitrogens is 2. The molecule has 80 valence electrons. The molecule has 2 N–H and O–H groups in total. The Hall–Kier alpha value is -1.55. The zero-order chi connectivity index (χ0) is 9.97. The first-order chi connectivity index (χ1) is 6.74. The third-order valence-electron chi connectivity index (χ3n) is 1.89. The van der Waals surface area contributed by atoms with Crippen LogP contribution in [0.25, 0.3) is 0 Å². The van der Waals surface area contributed by atoms with Gasteiger partial charge in [-0.15, -0.1) is 12.4 Å². The van der Waals surface area contributed by atoms with Gasteiger partial charge in [0.2, 0.25) is 0 Å². The second-order valence-corrected chi connectivity index (χ2v) is 3.10. The SMILES string of the molecule is Cl.Nc1cnn(Cc2cccc(F)c2)c1. The Bertz CT molecular complexity index is 442. The van der Waals surface area contributed by atoms with Crippen LogP contribution < -0.4 is 5.73 Å². The molecule has 0 spiro atoms. The normalized spacial score (nSPS) is 9.67.